The van der Waals surface area contributed by atoms with E-state index in [0.717, 1.165) is 35.3 Å². The molecular weight excluding hydrogens is 244 g/mol. The number of nitrogens with zero attached hydrogens (tertiary/aromatic N) is 2. The Labute approximate surface area is 111 Å². The van der Waals surface area contributed by atoms with Gasteiger partial charge in [0.2, 0.25) is 5.88 Å². The molecule has 5 heteroatoms. The van der Waals surface area contributed by atoms with Crippen LogP contribution in [0.2, 0.25) is 0 Å². The zero-order valence-corrected chi connectivity index (χ0v) is 10.8. The number of aromatic nitrogens is 1. The van der Waals surface area contributed by atoms with Gasteiger partial charge in [-0.3, -0.25) is 0 Å². The molecule has 0 amide bonds. The van der Waals surface area contributed by atoms with Gasteiger partial charge in [0.1, 0.15) is 5.75 Å². The van der Waals surface area contributed by atoms with Crippen LogP contribution in [0.15, 0.2) is 24.4 Å². The summed E-state index contributed by atoms with van der Waals surface area (Å²) in [7, 11) is 1.64. The highest BCUT2D eigenvalue weighted by Crippen LogP contribution is 2.33. The number of anilines is 1. The first kappa shape index (κ1) is 12.0. The second-order valence-corrected chi connectivity index (χ2v) is 4.48. The smallest absolute Gasteiger partial charge is 0.218 e. The molecule has 0 spiro atoms. The fraction of sp³-hybridized carbons (Fsp3) is 0.357. The Morgan fingerprint density at radius 3 is 2.79 bits per heavy atom. The highest BCUT2D eigenvalue weighted by atomic mass is 16.5. The number of pyridine rings is 1. The van der Waals surface area contributed by atoms with Gasteiger partial charge in [-0.1, -0.05) is 0 Å². The molecule has 1 N–H and O–H groups in total. The fourth-order valence-electron chi connectivity index (χ4n) is 2.37. The van der Waals surface area contributed by atoms with Gasteiger partial charge < -0.3 is 19.5 Å². The van der Waals surface area contributed by atoms with Gasteiger partial charge >= 0.3 is 0 Å². The van der Waals surface area contributed by atoms with Crippen LogP contribution in [-0.4, -0.2) is 43.5 Å². The van der Waals surface area contributed by atoms with Crippen molar-refractivity contribution in [1.82, 2.24) is 4.98 Å². The minimum atomic E-state index is 0.0506. The molecule has 1 aromatic carbocycles. The molecule has 1 aliphatic heterocycles. The first-order chi connectivity index (χ1) is 9.29. The third-order valence-corrected chi connectivity index (χ3v) is 3.40. The molecular formula is C14H16N2O3. The Kier molecular flexibility index (Phi) is 3.13. The van der Waals surface area contributed by atoms with E-state index in [9.17, 15) is 5.11 Å². The molecule has 0 aliphatic carbocycles. The van der Waals surface area contributed by atoms with Crippen molar-refractivity contribution in [3.05, 3.63) is 24.4 Å². The van der Waals surface area contributed by atoms with E-state index in [-0.39, 0.29) is 5.88 Å². The van der Waals surface area contributed by atoms with Crippen molar-refractivity contribution in [3.63, 3.8) is 0 Å². The Bertz CT molecular complexity index is 595. The number of methoxy groups -OCH3 is 1. The van der Waals surface area contributed by atoms with Gasteiger partial charge in [0, 0.05) is 23.9 Å². The maximum Gasteiger partial charge on any atom is 0.218 e. The Hall–Kier alpha value is -2.01. The number of ether oxygens (including phenoxy) is 2. The summed E-state index contributed by atoms with van der Waals surface area (Å²) in [5, 5.41) is 11.6. The van der Waals surface area contributed by atoms with Crippen LogP contribution in [0.4, 0.5) is 5.69 Å². The van der Waals surface area contributed by atoms with Crippen molar-refractivity contribution < 1.29 is 14.6 Å². The predicted molar refractivity (Wildman–Crippen MR) is 73.0 cm³/mol. The van der Waals surface area contributed by atoms with E-state index < -0.39 is 0 Å². The van der Waals surface area contributed by atoms with E-state index in [1.807, 2.05) is 18.2 Å². The quantitative estimate of drug-likeness (QED) is 0.892. The second kappa shape index (κ2) is 4.93. The van der Waals surface area contributed by atoms with E-state index in [4.69, 9.17) is 9.47 Å². The molecule has 1 aromatic heterocycles. The van der Waals surface area contributed by atoms with Crippen LogP contribution in [0.1, 0.15) is 0 Å². The predicted octanol–water partition coefficient (Wildman–Crippen LogP) is 1.79. The lowest BCUT2D eigenvalue weighted by Gasteiger charge is -2.29. The summed E-state index contributed by atoms with van der Waals surface area (Å²) >= 11 is 0. The molecule has 0 radical (unpaired) electrons. The van der Waals surface area contributed by atoms with E-state index in [2.05, 4.69) is 9.88 Å². The lowest BCUT2D eigenvalue weighted by molar-refractivity contribution is 0.123. The van der Waals surface area contributed by atoms with Crippen molar-refractivity contribution in [3.8, 4) is 11.6 Å². The van der Waals surface area contributed by atoms with Crippen LogP contribution in [-0.2, 0) is 4.74 Å². The van der Waals surface area contributed by atoms with Crippen molar-refractivity contribution in [1.29, 1.82) is 0 Å². The molecule has 0 atom stereocenters. The standard InChI is InChI=1S/C14H16N2O3/c1-18-10-2-3-11-12(8-10)13(9-15-14(11)17)16-4-6-19-7-5-16/h2-3,8-9H,4-7H2,1H3,(H,15,17). The number of hydrogen-bond donors (Lipinski definition) is 1. The summed E-state index contributed by atoms with van der Waals surface area (Å²) < 4.78 is 10.6. The molecule has 0 bridgehead atoms. The average Bonchev–Trinajstić information content (AvgIpc) is 2.48. The number of fused-ring (bicyclic) bond motifs is 1. The Morgan fingerprint density at radius 2 is 2.05 bits per heavy atom. The first-order valence-corrected chi connectivity index (χ1v) is 6.28. The SMILES string of the molecule is COc1ccc2c(O)ncc(N3CCOCC3)c2c1. The van der Waals surface area contributed by atoms with Gasteiger partial charge in [-0.15, -0.1) is 0 Å². The van der Waals surface area contributed by atoms with Gasteiger partial charge in [0.15, 0.2) is 0 Å². The van der Waals surface area contributed by atoms with Crippen LogP contribution in [0.25, 0.3) is 10.8 Å². The lowest BCUT2D eigenvalue weighted by atomic mass is 10.1. The highest BCUT2D eigenvalue weighted by Gasteiger charge is 2.16. The topological polar surface area (TPSA) is 54.8 Å². The van der Waals surface area contributed by atoms with Crippen molar-refractivity contribution in [2.24, 2.45) is 0 Å². The van der Waals surface area contributed by atoms with Gasteiger partial charge in [-0.25, -0.2) is 4.98 Å². The van der Waals surface area contributed by atoms with Gasteiger partial charge in [0.25, 0.3) is 0 Å². The molecule has 1 aliphatic rings. The van der Waals surface area contributed by atoms with Gasteiger partial charge in [-0.05, 0) is 18.2 Å². The summed E-state index contributed by atoms with van der Waals surface area (Å²) in [5.74, 6) is 0.822. The number of aromatic hydroxyl groups is 1. The molecule has 2 aromatic rings. The lowest BCUT2D eigenvalue weighted by Crippen LogP contribution is -2.36. The van der Waals surface area contributed by atoms with Crippen molar-refractivity contribution in [2.45, 2.75) is 0 Å². The van der Waals surface area contributed by atoms with Crippen LogP contribution in [0.3, 0.4) is 0 Å². The molecule has 2 heterocycles. The van der Waals surface area contributed by atoms with Gasteiger partial charge in [0.05, 0.1) is 32.2 Å². The number of morpholine rings is 1. The van der Waals surface area contributed by atoms with Crippen LogP contribution >= 0.6 is 0 Å². The minimum Gasteiger partial charge on any atom is -0.497 e. The molecule has 1 fully saturated rings. The molecule has 5 nitrogen and oxygen atoms in total. The number of benzene rings is 1. The third-order valence-electron chi connectivity index (χ3n) is 3.40. The summed E-state index contributed by atoms with van der Waals surface area (Å²) in [6.45, 7) is 3.09. The molecule has 1 saturated heterocycles. The fourth-order valence-corrected chi connectivity index (χ4v) is 2.37. The molecule has 19 heavy (non-hydrogen) atoms. The molecule has 3 rings (SSSR count). The van der Waals surface area contributed by atoms with Crippen LogP contribution in [0, 0.1) is 0 Å². The first-order valence-electron chi connectivity index (χ1n) is 6.28. The second-order valence-electron chi connectivity index (χ2n) is 4.48. The monoisotopic (exact) mass is 260 g/mol. The molecule has 100 valence electrons. The number of rotatable bonds is 2. The Balaban J connectivity index is 2.14. The Morgan fingerprint density at radius 1 is 1.26 bits per heavy atom. The molecule has 0 unspecified atom stereocenters. The largest absolute Gasteiger partial charge is 0.497 e. The molecule has 0 saturated carbocycles. The minimum absolute atomic E-state index is 0.0506. The van der Waals surface area contributed by atoms with Crippen molar-refractivity contribution >= 4 is 16.5 Å². The summed E-state index contributed by atoms with van der Waals surface area (Å²) in [4.78, 5) is 6.29. The van der Waals surface area contributed by atoms with Crippen molar-refractivity contribution in [2.75, 3.05) is 38.3 Å². The van der Waals surface area contributed by atoms with Crippen LogP contribution < -0.4 is 9.64 Å². The van der Waals surface area contributed by atoms with Crippen LogP contribution in [0.5, 0.6) is 11.6 Å². The summed E-state index contributed by atoms with van der Waals surface area (Å²) in [6, 6.07) is 5.59. The van der Waals surface area contributed by atoms with E-state index in [1.54, 1.807) is 13.3 Å². The van der Waals surface area contributed by atoms with E-state index in [0.29, 0.717) is 13.2 Å². The highest BCUT2D eigenvalue weighted by molar-refractivity contribution is 5.97. The maximum absolute atomic E-state index is 9.86. The average molecular weight is 260 g/mol. The summed E-state index contributed by atoms with van der Waals surface area (Å²) in [5.41, 5.74) is 1.01. The van der Waals surface area contributed by atoms with E-state index in [1.165, 1.54) is 0 Å². The number of hydrogen-bond acceptors (Lipinski definition) is 5. The normalized spacial score (nSPS) is 15.7. The van der Waals surface area contributed by atoms with E-state index >= 15 is 0 Å². The van der Waals surface area contributed by atoms with Gasteiger partial charge in [-0.2, -0.15) is 0 Å². The maximum atomic E-state index is 9.86. The summed E-state index contributed by atoms with van der Waals surface area (Å²) in [6.07, 6.45) is 1.71. The zero-order valence-electron chi connectivity index (χ0n) is 10.8. The third kappa shape index (κ3) is 2.17. The zero-order chi connectivity index (χ0) is 13.2.